The highest BCUT2D eigenvalue weighted by molar-refractivity contribution is 5.93. The number of morpholine rings is 1. The van der Waals surface area contributed by atoms with Crippen LogP contribution in [0.2, 0.25) is 0 Å². The van der Waals surface area contributed by atoms with Gasteiger partial charge < -0.3 is 25.0 Å². The average molecular weight is 585 g/mol. The first-order chi connectivity index (χ1) is 19.8. The molecule has 4 rings (SSSR count). The van der Waals surface area contributed by atoms with E-state index in [1.54, 1.807) is 57.2 Å². The number of aromatic nitrogens is 1. The molecule has 3 aromatic rings. The predicted molar refractivity (Wildman–Crippen MR) is 153 cm³/mol. The lowest BCUT2D eigenvalue weighted by Crippen LogP contribution is -2.37. The van der Waals surface area contributed by atoms with Gasteiger partial charge >= 0.3 is 12.3 Å². The average Bonchev–Trinajstić information content (AvgIpc) is 2.95. The Kier molecular flexibility index (Phi) is 9.40. The monoisotopic (exact) mass is 584 g/mol. The van der Waals surface area contributed by atoms with Crippen molar-refractivity contribution in [3.8, 4) is 11.1 Å². The second-order valence-corrected chi connectivity index (χ2v) is 11.0. The van der Waals surface area contributed by atoms with Crippen LogP contribution >= 0.6 is 0 Å². The van der Waals surface area contributed by atoms with Gasteiger partial charge in [-0.1, -0.05) is 36.4 Å². The summed E-state index contributed by atoms with van der Waals surface area (Å²) in [5.74, 6) is 0.371. The third-order valence-corrected chi connectivity index (χ3v) is 6.63. The van der Waals surface area contributed by atoms with Crippen LogP contribution in [0.15, 0.2) is 60.7 Å². The molecule has 224 valence electrons. The number of rotatable bonds is 7. The molecule has 2 N–H and O–H groups in total. The standard InChI is InChI=1S/C31H35F3N4O4/c1-20(36-28(39)26-6-5-7-27(37-26)38-14-16-41-17-15-38)21-8-10-22(11-9-21)25-18-24(31(32,33)34)13-12-23(25)19-35-29(40)42-30(2,3)4/h5-13,18,20H,14-17,19H2,1-4H3,(H,35,40)(H,36,39)/t20-/m1/s1. The molecule has 0 radical (unpaired) electrons. The first-order valence-corrected chi connectivity index (χ1v) is 13.7. The van der Waals surface area contributed by atoms with Crippen molar-refractivity contribution in [1.29, 1.82) is 0 Å². The van der Waals surface area contributed by atoms with E-state index in [1.165, 1.54) is 6.07 Å². The van der Waals surface area contributed by atoms with E-state index in [-0.39, 0.29) is 18.1 Å². The second-order valence-electron chi connectivity index (χ2n) is 11.0. The van der Waals surface area contributed by atoms with Crippen molar-refractivity contribution in [2.75, 3.05) is 31.2 Å². The molecule has 0 spiro atoms. The summed E-state index contributed by atoms with van der Waals surface area (Å²) in [6.07, 6.45) is -5.20. The van der Waals surface area contributed by atoms with Crippen molar-refractivity contribution in [1.82, 2.24) is 15.6 Å². The second kappa shape index (κ2) is 12.8. The van der Waals surface area contributed by atoms with Crippen LogP contribution in [0.3, 0.4) is 0 Å². The van der Waals surface area contributed by atoms with E-state index in [4.69, 9.17) is 9.47 Å². The van der Waals surface area contributed by atoms with Gasteiger partial charge in [-0.3, -0.25) is 4.79 Å². The number of hydrogen-bond donors (Lipinski definition) is 2. The molecule has 2 heterocycles. The predicted octanol–water partition coefficient (Wildman–Crippen LogP) is 6.12. The number of nitrogens with one attached hydrogen (secondary N) is 2. The Balaban J connectivity index is 1.49. The smallest absolute Gasteiger partial charge is 0.416 e. The molecule has 1 atom stereocenters. The summed E-state index contributed by atoms with van der Waals surface area (Å²) in [6, 6.07) is 15.2. The highest BCUT2D eigenvalue weighted by atomic mass is 19.4. The lowest BCUT2D eigenvalue weighted by atomic mass is 9.95. The normalized spacial score (nSPS) is 14.7. The Hall–Kier alpha value is -4.12. The summed E-state index contributed by atoms with van der Waals surface area (Å²) < 4.78 is 51.2. The molecular weight excluding hydrogens is 549 g/mol. The van der Waals surface area contributed by atoms with E-state index in [0.29, 0.717) is 48.8 Å². The maximum atomic E-state index is 13.5. The zero-order valence-corrected chi connectivity index (χ0v) is 24.0. The molecule has 1 aliphatic heterocycles. The summed E-state index contributed by atoms with van der Waals surface area (Å²) in [5.41, 5.74) is 0.892. The van der Waals surface area contributed by atoms with Gasteiger partial charge in [0, 0.05) is 19.6 Å². The van der Waals surface area contributed by atoms with Crippen molar-refractivity contribution in [2.24, 2.45) is 0 Å². The fraction of sp³-hybridized carbons (Fsp3) is 0.387. The highest BCUT2D eigenvalue weighted by Crippen LogP contribution is 2.34. The first kappa shape index (κ1) is 30.8. The molecule has 1 aliphatic rings. The van der Waals surface area contributed by atoms with Gasteiger partial charge in [0.05, 0.1) is 24.8 Å². The van der Waals surface area contributed by atoms with E-state index in [9.17, 15) is 22.8 Å². The Bertz CT molecular complexity index is 1400. The molecule has 0 saturated carbocycles. The van der Waals surface area contributed by atoms with Crippen molar-refractivity contribution in [2.45, 2.75) is 52.1 Å². The lowest BCUT2D eigenvalue weighted by molar-refractivity contribution is -0.137. The fourth-order valence-electron chi connectivity index (χ4n) is 4.48. The van der Waals surface area contributed by atoms with Crippen LogP contribution in [0.25, 0.3) is 11.1 Å². The number of pyridine rings is 1. The van der Waals surface area contributed by atoms with Crippen LogP contribution in [-0.4, -0.2) is 48.9 Å². The number of alkyl carbamates (subject to hydrolysis) is 1. The third-order valence-electron chi connectivity index (χ3n) is 6.63. The summed E-state index contributed by atoms with van der Waals surface area (Å²) in [6.45, 7) is 9.57. The van der Waals surface area contributed by atoms with Gasteiger partial charge in [-0.25, -0.2) is 9.78 Å². The molecule has 2 aromatic carbocycles. The van der Waals surface area contributed by atoms with Crippen molar-refractivity contribution in [3.05, 3.63) is 83.0 Å². The minimum Gasteiger partial charge on any atom is -0.444 e. The molecule has 1 aromatic heterocycles. The lowest BCUT2D eigenvalue weighted by Gasteiger charge is -2.28. The molecule has 42 heavy (non-hydrogen) atoms. The van der Waals surface area contributed by atoms with E-state index < -0.39 is 29.5 Å². The van der Waals surface area contributed by atoms with Crippen LogP contribution in [-0.2, 0) is 22.2 Å². The van der Waals surface area contributed by atoms with E-state index in [0.717, 1.165) is 17.7 Å². The summed E-state index contributed by atoms with van der Waals surface area (Å²) in [7, 11) is 0. The van der Waals surface area contributed by atoms with Gasteiger partial charge in [0.2, 0.25) is 0 Å². The van der Waals surface area contributed by atoms with Crippen LogP contribution in [0.1, 0.15) is 60.9 Å². The van der Waals surface area contributed by atoms with Crippen LogP contribution < -0.4 is 15.5 Å². The minimum absolute atomic E-state index is 0.0207. The molecular formula is C31H35F3N4O4. The largest absolute Gasteiger partial charge is 0.444 e. The van der Waals surface area contributed by atoms with Crippen molar-refractivity contribution in [3.63, 3.8) is 0 Å². The van der Waals surface area contributed by atoms with Crippen molar-refractivity contribution < 1.29 is 32.2 Å². The van der Waals surface area contributed by atoms with Gasteiger partial charge in [-0.05, 0) is 74.2 Å². The summed E-state index contributed by atoms with van der Waals surface area (Å²) in [5, 5.41) is 5.55. The molecule has 8 nitrogen and oxygen atoms in total. The number of carbonyl (C=O) groups excluding carboxylic acids is 2. The Morgan fingerprint density at radius 1 is 1.02 bits per heavy atom. The maximum absolute atomic E-state index is 13.5. The number of amides is 2. The number of anilines is 1. The van der Waals surface area contributed by atoms with E-state index >= 15 is 0 Å². The Morgan fingerprint density at radius 3 is 2.36 bits per heavy atom. The zero-order chi connectivity index (χ0) is 30.5. The molecule has 0 aliphatic carbocycles. The number of carbonyl (C=O) groups is 2. The van der Waals surface area contributed by atoms with E-state index in [2.05, 4.69) is 20.5 Å². The van der Waals surface area contributed by atoms with Crippen LogP contribution in [0.5, 0.6) is 0 Å². The first-order valence-electron chi connectivity index (χ1n) is 13.7. The van der Waals surface area contributed by atoms with Crippen molar-refractivity contribution >= 4 is 17.8 Å². The Morgan fingerprint density at radius 2 is 1.71 bits per heavy atom. The quantitative estimate of drug-likeness (QED) is 0.348. The van der Waals surface area contributed by atoms with Gasteiger partial charge in [-0.15, -0.1) is 0 Å². The maximum Gasteiger partial charge on any atom is 0.416 e. The number of hydrogen-bond acceptors (Lipinski definition) is 6. The minimum atomic E-state index is -4.53. The number of halogens is 3. The van der Waals surface area contributed by atoms with Crippen LogP contribution in [0, 0.1) is 0 Å². The summed E-state index contributed by atoms with van der Waals surface area (Å²) in [4.78, 5) is 31.7. The molecule has 1 saturated heterocycles. The SMILES string of the molecule is C[C@@H](NC(=O)c1cccc(N2CCOCC2)n1)c1ccc(-c2cc(C(F)(F)F)ccc2CNC(=O)OC(C)(C)C)cc1. The molecule has 0 bridgehead atoms. The van der Waals surface area contributed by atoms with Gasteiger partial charge in [-0.2, -0.15) is 13.2 Å². The topological polar surface area (TPSA) is 92.8 Å². The van der Waals surface area contributed by atoms with Gasteiger partial charge in [0.1, 0.15) is 17.1 Å². The van der Waals surface area contributed by atoms with Gasteiger partial charge in [0.15, 0.2) is 0 Å². The number of benzene rings is 2. The van der Waals surface area contributed by atoms with Crippen LogP contribution in [0.4, 0.5) is 23.8 Å². The fourth-order valence-corrected chi connectivity index (χ4v) is 4.48. The number of nitrogens with zero attached hydrogens (tertiary/aromatic N) is 2. The molecule has 0 unspecified atom stereocenters. The molecule has 11 heteroatoms. The third kappa shape index (κ3) is 8.22. The summed E-state index contributed by atoms with van der Waals surface area (Å²) >= 11 is 0. The Labute approximate surface area is 243 Å². The number of ether oxygens (including phenoxy) is 2. The van der Waals surface area contributed by atoms with Gasteiger partial charge in [0.25, 0.3) is 5.91 Å². The highest BCUT2D eigenvalue weighted by Gasteiger charge is 2.31. The number of alkyl halides is 3. The molecule has 1 fully saturated rings. The zero-order valence-electron chi connectivity index (χ0n) is 24.0. The van der Waals surface area contributed by atoms with E-state index in [1.807, 2.05) is 13.0 Å². The molecule has 2 amide bonds.